The van der Waals surface area contributed by atoms with Gasteiger partial charge in [0.1, 0.15) is 5.82 Å². The van der Waals surface area contributed by atoms with E-state index in [0.29, 0.717) is 5.59 Å². The van der Waals surface area contributed by atoms with Crippen LogP contribution in [-0.2, 0) is 15.9 Å². The summed E-state index contributed by atoms with van der Waals surface area (Å²) in [5.74, 6) is -0.405. The number of aromatic nitrogens is 1. The second-order valence-corrected chi connectivity index (χ2v) is 5.46. The molecular formula is C12H18BFN2O2. The van der Waals surface area contributed by atoms with Crippen LogP contribution < -0.4 is 11.3 Å². The predicted molar refractivity (Wildman–Crippen MR) is 67.8 cm³/mol. The second-order valence-electron chi connectivity index (χ2n) is 5.46. The number of halogens is 1. The zero-order valence-electron chi connectivity index (χ0n) is 11.2. The maximum atomic E-state index is 13.3. The van der Waals surface area contributed by atoms with Gasteiger partial charge < -0.3 is 15.0 Å². The number of hydrogen-bond acceptors (Lipinski definition) is 4. The summed E-state index contributed by atoms with van der Waals surface area (Å²) in [7, 11) is -0.583. The zero-order valence-corrected chi connectivity index (χ0v) is 11.2. The quantitative estimate of drug-likeness (QED) is 0.797. The topological polar surface area (TPSA) is 57.4 Å². The molecule has 6 heteroatoms. The number of nitrogens with two attached hydrogens (primary N) is 1. The van der Waals surface area contributed by atoms with Crippen LogP contribution in [0, 0.1) is 5.82 Å². The van der Waals surface area contributed by atoms with Crippen molar-refractivity contribution < 1.29 is 13.7 Å². The molecule has 1 fully saturated rings. The predicted octanol–water partition coefficient (Wildman–Crippen LogP) is 0.979. The number of rotatable bonds is 2. The minimum absolute atomic E-state index is 0.0547. The van der Waals surface area contributed by atoms with Crippen molar-refractivity contribution in [1.82, 2.24) is 4.98 Å². The molecule has 0 radical (unpaired) electrons. The molecule has 0 aliphatic carbocycles. The molecule has 2 rings (SSSR count). The van der Waals surface area contributed by atoms with Gasteiger partial charge in [-0.3, -0.25) is 4.98 Å². The molecule has 0 atom stereocenters. The number of pyridine rings is 1. The Morgan fingerprint density at radius 2 is 1.78 bits per heavy atom. The summed E-state index contributed by atoms with van der Waals surface area (Å²) in [6.07, 6.45) is 0. The van der Waals surface area contributed by atoms with Gasteiger partial charge in [-0.15, -0.1) is 0 Å². The van der Waals surface area contributed by atoms with E-state index in [1.807, 2.05) is 27.7 Å². The van der Waals surface area contributed by atoms with Crippen molar-refractivity contribution in [2.45, 2.75) is 45.4 Å². The van der Waals surface area contributed by atoms with E-state index in [2.05, 4.69) is 4.98 Å². The van der Waals surface area contributed by atoms with Crippen LogP contribution in [-0.4, -0.2) is 23.3 Å². The molecule has 1 aliphatic rings. The van der Waals surface area contributed by atoms with Crippen LogP contribution >= 0.6 is 0 Å². The van der Waals surface area contributed by atoms with Crippen molar-refractivity contribution in [2.24, 2.45) is 5.73 Å². The Hall–Kier alpha value is -0.975. The van der Waals surface area contributed by atoms with Crippen LogP contribution in [0.15, 0.2) is 12.1 Å². The van der Waals surface area contributed by atoms with Crippen molar-refractivity contribution in [3.8, 4) is 0 Å². The first-order valence-corrected chi connectivity index (χ1v) is 5.98. The lowest BCUT2D eigenvalue weighted by Crippen LogP contribution is -2.41. The van der Waals surface area contributed by atoms with Crippen LogP contribution in [0.3, 0.4) is 0 Å². The van der Waals surface area contributed by atoms with Crippen LogP contribution in [0.2, 0.25) is 0 Å². The Bertz CT molecular complexity index is 449. The summed E-state index contributed by atoms with van der Waals surface area (Å²) < 4.78 is 25.0. The van der Waals surface area contributed by atoms with E-state index in [9.17, 15) is 4.39 Å². The van der Waals surface area contributed by atoms with Gasteiger partial charge in [0, 0.05) is 6.54 Å². The van der Waals surface area contributed by atoms with Crippen molar-refractivity contribution in [2.75, 3.05) is 0 Å². The number of nitrogens with zero attached hydrogens (tertiary/aromatic N) is 1. The van der Waals surface area contributed by atoms with E-state index >= 15 is 0 Å². The highest BCUT2D eigenvalue weighted by atomic mass is 19.1. The van der Waals surface area contributed by atoms with Gasteiger partial charge in [-0.2, -0.15) is 0 Å². The van der Waals surface area contributed by atoms with E-state index in [1.54, 1.807) is 6.07 Å². The molecule has 1 aromatic heterocycles. The van der Waals surface area contributed by atoms with Gasteiger partial charge in [0.2, 0.25) is 0 Å². The first-order chi connectivity index (χ1) is 8.27. The van der Waals surface area contributed by atoms with Crippen molar-refractivity contribution >= 4 is 12.7 Å². The lowest BCUT2D eigenvalue weighted by atomic mass is 9.84. The molecule has 98 valence electrons. The summed E-state index contributed by atoms with van der Waals surface area (Å²) in [5, 5.41) is 0. The Labute approximate surface area is 107 Å². The maximum Gasteiger partial charge on any atom is 0.514 e. The van der Waals surface area contributed by atoms with E-state index in [-0.39, 0.29) is 12.2 Å². The van der Waals surface area contributed by atoms with Crippen molar-refractivity contribution in [1.29, 1.82) is 0 Å². The summed E-state index contributed by atoms with van der Waals surface area (Å²) in [5.41, 5.74) is 5.35. The first-order valence-electron chi connectivity index (χ1n) is 5.98. The van der Waals surface area contributed by atoms with Crippen LogP contribution in [0.1, 0.15) is 33.4 Å². The fraction of sp³-hybridized carbons (Fsp3) is 0.583. The molecule has 2 N–H and O–H groups in total. The highest BCUT2D eigenvalue weighted by molar-refractivity contribution is 6.61. The Morgan fingerprint density at radius 3 is 2.28 bits per heavy atom. The lowest BCUT2D eigenvalue weighted by molar-refractivity contribution is 0.00578. The molecule has 1 aromatic rings. The normalized spacial score (nSPS) is 21.3. The smallest absolute Gasteiger partial charge is 0.398 e. The van der Waals surface area contributed by atoms with Gasteiger partial charge in [-0.05, 0) is 39.8 Å². The third kappa shape index (κ3) is 2.16. The third-order valence-corrected chi connectivity index (χ3v) is 3.63. The van der Waals surface area contributed by atoms with E-state index in [0.717, 1.165) is 0 Å². The highest BCUT2D eigenvalue weighted by Crippen LogP contribution is 2.36. The molecular weight excluding hydrogens is 234 g/mol. The maximum absolute atomic E-state index is 13.3. The average molecular weight is 252 g/mol. The second kappa shape index (κ2) is 4.29. The summed E-state index contributed by atoms with van der Waals surface area (Å²) in [4.78, 5) is 4.15. The fourth-order valence-electron chi connectivity index (χ4n) is 1.74. The SMILES string of the molecule is CC1(C)OB(c2ccc(F)c(CN)n2)OC1(C)C. The number of hydrogen-bond donors (Lipinski definition) is 1. The van der Waals surface area contributed by atoms with Crippen molar-refractivity contribution in [3.05, 3.63) is 23.6 Å². The van der Waals surface area contributed by atoms with Gasteiger partial charge in [-0.1, -0.05) is 0 Å². The summed E-state index contributed by atoms with van der Waals surface area (Å²) >= 11 is 0. The summed E-state index contributed by atoms with van der Waals surface area (Å²) in [6, 6.07) is 2.91. The standard InChI is InChI=1S/C12H18BFN2O2/c1-11(2)12(3,4)18-13(17-11)10-6-5-8(14)9(7-15)16-10/h5-6H,7,15H2,1-4H3. The van der Waals surface area contributed by atoms with E-state index < -0.39 is 24.1 Å². The lowest BCUT2D eigenvalue weighted by Gasteiger charge is -2.32. The molecule has 1 aliphatic heterocycles. The Balaban J connectivity index is 2.30. The molecule has 0 aromatic carbocycles. The largest absolute Gasteiger partial charge is 0.514 e. The molecule has 0 amide bonds. The molecule has 0 spiro atoms. The highest BCUT2D eigenvalue weighted by Gasteiger charge is 2.52. The van der Waals surface area contributed by atoms with E-state index in [4.69, 9.17) is 15.0 Å². The monoisotopic (exact) mass is 252 g/mol. The van der Waals surface area contributed by atoms with Crippen LogP contribution in [0.4, 0.5) is 4.39 Å². The Morgan fingerprint density at radius 1 is 1.22 bits per heavy atom. The average Bonchev–Trinajstić information content (AvgIpc) is 2.49. The molecule has 18 heavy (non-hydrogen) atoms. The fourth-order valence-corrected chi connectivity index (χ4v) is 1.74. The van der Waals surface area contributed by atoms with Crippen LogP contribution in [0.25, 0.3) is 0 Å². The van der Waals surface area contributed by atoms with Gasteiger partial charge in [0.15, 0.2) is 0 Å². The molecule has 4 nitrogen and oxygen atoms in total. The Kier molecular flexibility index (Phi) is 3.21. The first kappa shape index (κ1) is 13.5. The van der Waals surface area contributed by atoms with Gasteiger partial charge in [0.25, 0.3) is 0 Å². The van der Waals surface area contributed by atoms with Gasteiger partial charge in [0.05, 0.1) is 22.5 Å². The minimum atomic E-state index is -0.583. The minimum Gasteiger partial charge on any atom is -0.398 e. The van der Waals surface area contributed by atoms with Crippen LogP contribution in [0.5, 0.6) is 0 Å². The van der Waals surface area contributed by atoms with Gasteiger partial charge in [-0.25, -0.2) is 4.39 Å². The molecule has 1 saturated heterocycles. The summed E-state index contributed by atoms with van der Waals surface area (Å²) in [6.45, 7) is 7.89. The van der Waals surface area contributed by atoms with Gasteiger partial charge >= 0.3 is 7.12 Å². The molecule has 0 bridgehead atoms. The molecule has 0 saturated carbocycles. The van der Waals surface area contributed by atoms with Crippen molar-refractivity contribution in [3.63, 3.8) is 0 Å². The molecule has 2 heterocycles. The molecule has 0 unspecified atom stereocenters. The van der Waals surface area contributed by atoms with E-state index in [1.165, 1.54) is 6.07 Å². The third-order valence-electron chi connectivity index (χ3n) is 3.63. The zero-order chi connectivity index (χ0) is 13.6.